The van der Waals surface area contributed by atoms with Gasteiger partial charge in [0.1, 0.15) is 0 Å². The van der Waals surface area contributed by atoms with Crippen molar-refractivity contribution in [3.63, 3.8) is 0 Å². The zero-order chi connectivity index (χ0) is 8.97. The molecule has 0 fully saturated rings. The van der Waals surface area contributed by atoms with Crippen LogP contribution in [0.4, 0.5) is 0 Å². The first-order chi connectivity index (χ1) is 5.77. The highest BCUT2D eigenvalue weighted by atomic mass is 15.1. The summed E-state index contributed by atoms with van der Waals surface area (Å²) >= 11 is 0. The molecule has 0 radical (unpaired) electrons. The SMILES string of the molecule is C/C=C1/C=C(C)C=CN1/C=C\N. The van der Waals surface area contributed by atoms with Gasteiger partial charge in [0.15, 0.2) is 0 Å². The van der Waals surface area contributed by atoms with E-state index in [4.69, 9.17) is 5.73 Å². The number of hydrogen-bond donors (Lipinski definition) is 1. The highest BCUT2D eigenvalue weighted by Gasteiger charge is 2.03. The third kappa shape index (κ3) is 1.78. The zero-order valence-electron chi connectivity index (χ0n) is 7.49. The highest BCUT2D eigenvalue weighted by molar-refractivity contribution is 5.34. The first kappa shape index (κ1) is 8.65. The number of nitrogens with two attached hydrogens (primary N) is 1. The van der Waals surface area contributed by atoms with E-state index in [1.807, 2.05) is 36.4 Å². The van der Waals surface area contributed by atoms with E-state index in [2.05, 4.69) is 13.0 Å². The predicted octanol–water partition coefficient (Wildman–Crippen LogP) is 2.10. The molecule has 0 aliphatic carbocycles. The second-order valence-electron chi connectivity index (χ2n) is 2.67. The molecule has 0 bridgehead atoms. The molecule has 0 aromatic heterocycles. The maximum atomic E-state index is 5.31. The quantitative estimate of drug-likeness (QED) is 0.639. The van der Waals surface area contributed by atoms with Crippen molar-refractivity contribution < 1.29 is 0 Å². The van der Waals surface area contributed by atoms with Gasteiger partial charge >= 0.3 is 0 Å². The van der Waals surface area contributed by atoms with Gasteiger partial charge in [-0.15, -0.1) is 0 Å². The van der Waals surface area contributed by atoms with E-state index in [0.717, 1.165) is 5.70 Å². The molecule has 0 spiro atoms. The van der Waals surface area contributed by atoms with Gasteiger partial charge in [0.25, 0.3) is 0 Å². The Morgan fingerprint density at radius 1 is 1.50 bits per heavy atom. The fourth-order valence-electron chi connectivity index (χ4n) is 1.10. The molecule has 1 heterocycles. The van der Waals surface area contributed by atoms with Crippen LogP contribution in [0, 0.1) is 0 Å². The average Bonchev–Trinajstić information content (AvgIpc) is 2.08. The molecular weight excluding hydrogens is 148 g/mol. The van der Waals surface area contributed by atoms with Gasteiger partial charge in [0.05, 0.1) is 0 Å². The lowest BCUT2D eigenvalue weighted by Crippen LogP contribution is -2.11. The van der Waals surface area contributed by atoms with Crippen LogP contribution in [0.25, 0.3) is 0 Å². The van der Waals surface area contributed by atoms with Crippen molar-refractivity contribution in [1.82, 2.24) is 4.90 Å². The van der Waals surface area contributed by atoms with E-state index in [1.54, 1.807) is 0 Å². The van der Waals surface area contributed by atoms with Crippen molar-refractivity contribution in [2.75, 3.05) is 0 Å². The maximum Gasteiger partial charge on any atom is 0.0409 e. The summed E-state index contributed by atoms with van der Waals surface area (Å²) in [5.74, 6) is 0. The Labute approximate surface area is 73.4 Å². The third-order valence-corrected chi connectivity index (χ3v) is 1.71. The molecule has 0 saturated carbocycles. The second-order valence-corrected chi connectivity index (χ2v) is 2.67. The lowest BCUT2D eigenvalue weighted by Gasteiger charge is -2.20. The molecule has 1 rings (SSSR count). The Bertz CT molecular complexity index is 270. The van der Waals surface area contributed by atoms with Crippen molar-refractivity contribution in [3.05, 3.63) is 48.1 Å². The fourth-order valence-corrected chi connectivity index (χ4v) is 1.10. The summed E-state index contributed by atoms with van der Waals surface area (Å²) in [4.78, 5) is 1.98. The van der Waals surface area contributed by atoms with Crippen LogP contribution in [-0.4, -0.2) is 4.90 Å². The first-order valence-electron chi connectivity index (χ1n) is 3.97. The van der Waals surface area contributed by atoms with Crippen LogP contribution in [-0.2, 0) is 0 Å². The van der Waals surface area contributed by atoms with E-state index in [9.17, 15) is 0 Å². The normalized spacial score (nSPS) is 20.7. The Morgan fingerprint density at radius 3 is 2.83 bits per heavy atom. The molecule has 0 saturated heterocycles. The smallest absolute Gasteiger partial charge is 0.0409 e. The molecule has 2 heteroatoms. The van der Waals surface area contributed by atoms with Gasteiger partial charge < -0.3 is 10.6 Å². The second kappa shape index (κ2) is 3.81. The Balaban J connectivity index is 2.88. The standard InChI is InChI=1S/C10H14N2/c1-3-10-8-9(2)4-6-12(10)7-5-11/h3-8H,11H2,1-2H3/b7-5-,10-3-. The molecule has 0 aromatic carbocycles. The maximum absolute atomic E-state index is 5.31. The summed E-state index contributed by atoms with van der Waals surface area (Å²) in [6, 6.07) is 0. The molecule has 0 unspecified atom stereocenters. The van der Waals surface area contributed by atoms with Crippen molar-refractivity contribution in [3.8, 4) is 0 Å². The van der Waals surface area contributed by atoms with Crippen molar-refractivity contribution in [2.45, 2.75) is 13.8 Å². The van der Waals surface area contributed by atoms with Crippen LogP contribution in [0.15, 0.2) is 48.1 Å². The minimum Gasteiger partial charge on any atom is -0.403 e. The van der Waals surface area contributed by atoms with Gasteiger partial charge in [-0.05, 0) is 31.6 Å². The van der Waals surface area contributed by atoms with Crippen LogP contribution in [0.1, 0.15) is 13.8 Å². The largest absolute Gasteiger partial charge is 0.403 e. The Kier molecular flexibility index (Phi) is 2.75. The van der Waals surface area contributed by atoms with Gasteiger partial charge in [-0.2, -0.15) is 0 Å². The molecule has 1 aliphatic rings. The summed E-state index contributed by atoms with van der Waals surface area (Å²) in [6.07, 6.45) is 11.6. The summed E-state index contributed by atoms with van der Waals surface area (Å²) in [6.45, 7) is 4.08. The lowest BCUT2D eigenvalue weighted by molar-refractivity contribution is 0.639. The van der Waals surface area contributed by atoms with E-state index in [0.29, 0.717) is 0 Å². The summed E-state index contributed by atoms with van der Waals surface area (Å²) < 4.78 is 0. The van der Waals surface area contributed by atoms with Gasteiger partial charge in [-0.1, -0.05) is 6.08 Å². The molecule has 0 atom stereocenters. The van der Waals surface area contributed by atoms with Gasteiger partial charge in [-0.3, -0.25) is 0 Å². The Morgan fingerprint density at radius 2 is 2.25 bits per heavy atom. The van der Waals surface area contributed by atoms with Crippen molar-refractivity contribution in [1.29, 1.82) is 0 Å². The van der Waals surface area contributed by atoms with Crippen LogP contribution in [0.3, 0.4) is 0 Å². The van der Waals surface area contributed by atoms with Crippen LogP contribution in [0.2, 0.25) is 0 Å². The topological polar surface area (TPSA) is 29.3 Å². The number of hydrogen-bond acceptors (Lipinski definition) is 2. The van der Waals surface area contributed by atoms with E-state index < -0.39 is 0 Å². The molecule has 0 amide bonds. The summed E-state index contributed by atoms with van der Waals surface area (Å²) in [5, 5.41) is 0. The summed E-state index contributed by atoms with van der Waals surface area (Å²) in [5.41, 5.74) is 7.71. The zero-order valence-corrected chi connectivity index (χ0v) is 7.49. The van der Waals surface area contributed by atoms with Crippen LogP contribution in [0.5, 0.6) is 0 Å². The molecule has 64 valence electrons. The predicted molar refractivity (Wildman–Crippen MR) is 51.8 cm³/mol. The van der Waals surface area contributed by atoms with Gasteiger partial charge in [0.2, 0.25) is 0 Å². The molecule has 12 heavy (non-hydrogen) atoms. The van der Waals surface area contributed by atoms with Gasteiger partial charge in [-0.25, -0.2) is 0 Å². The molecule has 1 aliphatic heterocycles. The minimum atomic E-state index is 1.15. The van der Waals surface area contributed by atoms with E-state index in [-0.39, 0.29) is 0 Å². The number of allylic oxidation sites excluding steroid dienone is 4. The Hall–Kier alpha value is -1.44. The monoisotopic (exact) mass is 162 g/mol. The fraction of sp³-hybridized carbons (Fsp3) is 0.200. The molecule has 2 nitrogen and oxygen atoms in total. The van der Waals surface area contributed by atoms with E-state index >= 15 is 0 Å². The molecule has 0 aromatic rings. The average molecular weight is 162 g/mol. The molecule has 2 N–H and O–H groups in total. The van der Waals surface area contributed by atoms with Crippen LogP contribution < -0.4 is 5.73 Å². The minimum absolute atomic E-state index is 1.15. The third-order valence-electron chi connectivity index (χ3n) is 1.71. The summed E-state index contributed by atoms with van der Waals surface area (Å²) in [7, 11) is 0. The van der Waals surface area contributed by atoms with E-state index in [1.165, 1.54) is 11.8 Å². The first-order valence-corrected chi connectivity index (χ1v) is 3.97. The van der Waals surface area contributed by atoms with Gasteiger partial charge in [0, 0.05) is 24.3 Å². The molecular formula is C10H14N2. The number of rotatable bonds is 1. The van der Waals surface area contributed by atoms with Crippen molar-refractivity contribution >= 4 is 0 Å². The van der Waals surface area contributed by atoms with Crippen LogP contribution >= 0.6 is 0 Å². The number of nitrogens with zero attached hydrogens (tertiary/aromatic N) is 1. The van der Waals surface area contributed by atoms with Crippen molar-refractivity contribution in [2.24, 2.45) is 5.73 Å². The lowest BCUT2D eigenvalue weighted by atomic mass is 10.2. The highest BCUT2D eigenvalue weighted by Crippen LogP contribution is 2.16.